The zero-order valence-corrected chi connectivity index (χ0v) is 19.7. The van der Waals surface area contributed by atoms with E-state index in [2.05, 4.69) is 47.9 Å². The molecule has 0 unspecified atom stereocenters. The summed E-state index contributed by atoms with van der Waals surface area (Å²) < 4.78 is 14.1. The summed E-state index contributed by atoms with van der Waals surface area (Å²) >= 11 is 6.91. The van der Waals surface area contributed by atoms with E-state index >= 15 is 0 Å². The zero-order valence-electron chi connectivity index (χ0n) is 16.5. The maximum Gasteiger partial charge on any atom is 0.282 e. The first kappa shape index (κ1) is 22.1. The summed E-state index contributed by atoms with van der Waals surface area (Å²) in [4.78, 5) is 17.6. The summed E-state index contributed by atoms with van der Waals surface area (Å²) in [5.41, 5.74) is 1.13. The lowest BCUT2D eigenvalue weighted by Crippen LogP contribution is -2.22. The third-order valence-corrected chi connectivity index (χ3v) is 5.36. The number of aryl methyl sites for hydroxylation is 1. The van der Waals surface area contributed by atoms with Crippen molar-refractivity contribution in [3.8, 4) is 23.8 Å². The van der Waals surface area contributed by atoms with E-state index in [-0.39, 0.29) is 12.2 Å². The molecule has 0 saturated heterocycles. The highest BCUT2D eigenvalue weighted by molar-refractivity contribution is 9.10. The first-order chi connectivity index (χ1) is 14.5. The third-order valence-electron chi connectivity index (χ3n) is 4.18. The molecule has 154 valence electrons. The van der Waals surface area contributed by atoms with Gasteiger partial charge in [-0.1, -0.05) is 28.8 Å². The molecule has 0 aliphatic rings. The normalized spacial score (nSPS) is 11.0. The summed E-state index contributed by atoms with van der Waals surface area (Å²) in [6.45, 7) is 4.41. The number of hydrogen-bond acceptors (Lipinski definition) is 5. The molecule has 6 nitrogen and oxygen atoms in total. The van der Waals surface area contributed by atoms with Crippen LogP contribution in [0.15, 0.2) is 49.2 Å². The number of rotatable bonds is 7. The van der Waals surface area contributed by atoms with Gasteiger partial charge >= 0.3 is 0 Å². The second-order valence-electron chi connectivity index (χ2n) is 6.15. The van der Waals surface area contributed by atoms with Gasteiger partial charge in [0, 0.05) is 20.9 Å². The van der Waals surface area contributed by atoms with Gasteiger partial charge in [0.2, 0.25) is 0 Å². The Labute approximate surface area is 191 Å². The molecule has 1 heterocycles. The number of benzene rings is 2. The van der Waals surface area contributed by atoms with Crippen LogP contribution in [-0.4, -0.2) is 29.1 Å². The van der Waals surface area contributed by atoms with Gasteiger partial charge < -0.3 is 9.47 Å². The van der Waals surface area contributed by atoms with E-state index in [0.717, 1.165) is 14.5 Å². The quantitative estimate of drug-likeness (QED) is 0.324. The molecule has 0 aliphatic heterocycles. The predicted octanol–water partition coefficient (Wildman–Crippen LogP) is 4.78. The van der Waals surface area contributed by atoms with E-state index in [1.807, 2.05) is 26.0 Å². The lowest BCUT2D eigenvalue weighted by atomic mass is 10.2. The van der Waals surface area contributed by atoms with Gasteiger partial charge in [0.1, 0.15) is 12.4 Å². The molecule has 3 aromatic rings. The lowest BCUT2D eigenvalue weighted by Gasteiger charge is -2.12. The highest BCUT2D eigenvalue weighted by Crippen LogP contribution is 2.33. The standard InChI is InChI=1S/C22H19Br2N3O3/c1-4-9-30-20-12-17(24)14(10-19(20)29-6-3)13-25-27-21(5-2)26-18-8-7-15(23)11-16(18)22(27)28/h1,7-8,10-13H,5-6,9H2,2-3H3. The van der Waals surface area contributed by atoms with Crippen molar-refractivity contribution in [3.05, 3.63) is 61.0 Å². The number of aromatic nitrogens is 2. The predicted molar refractivity (Wildman–Crippen MR) is 126 cm³/mol. The third kappa shape index (κ3) is 4.74. The Morgan fingerprint density at radius 2 is 1.97 bits per heavy atom. The molecule has 8 heteroatoms. The molecule has 0 amide bonds. The maximum atomic E-state index is 13.0. The summed E-state index contributed by atoms with van der Waals surface area (Å²) in [6, 6.07) is 8.97. The first-order valence-corrected chi connectivity index (χ1v) is 10.8. The van der Waals surface area contributed by atoms with Gasteiger partial charge in [-0.25, -0.2) is 4.98 Å². The molecule has 3 rings (SSSR count). The molecule has 0 aliphatic carbocycles. The fraction of sp³-hybridized carbons (Fsp3) is 0.227. The molecule has 0 atom stereocenters. The number of nitrogens with zero attached hydrogens (tertiary/aromatic N) is 3. The van der Waals surface area contributed by atoms with Crippen LogP contribution < -0.4 is 15.0 Å². The number of terminal acetylenes is 1. The van der Waals surface area contributed by atoms with Crippen LogP contribution in [0.4, 0.5) is 0 Å². The van der Waals surface area contributed by atoms with Crippen LogP contribution in [0.1, 0.15) is 25.2 Å². The minimum atomic E-state index is -0.232. The first-order valence-electron chi connectivity index (χ1n) is 9.26. The van der Waals surface area contributed by atoms with E-state index < -0.39 is 0 Å². The number of hydrogen-bond donors (Lipinski definition) is 0. The van der Waals surface area contributed by atoms with Crippen LogP contribution in [0.5, 0.6) is 11.5 Å². The molecule has 2 aromatic carbocycles. The zero-order chi connectivity index (χ0) is 21.7. The van der Waals surface area contributed by atoms with E-state index in [1.54, 1.807) is 24.4 Å². The Hall–Kier alpha value is -2.63. The summed E-state index contributed by atoms with van der Waals surface area (Å²) in [5, 5.41) is 4.91. The highest BCUT2D eigenvalue weighted by atomic mass is 79.9. The van der Waals surface area contributed by atoms with Crippen LogP contribution in [-0.2, 0) is 6.42 Å². The van der Waals surface area contributed by atoms with Gasteiger partial charge in [-0.15, -0.1) is 6.42 Å². The highest BCUT2D eigenvalue weighted by Gasteiger charge is 2.12. The topological polar surface area (TPSA) is 65.7 Å². The van der Waals surface area contributed by atoms with Crippen molar-refractivity contribution in [2.24, 2.45) is 5.10 Å². The molecule has 0 spiro atoms. The fourth-order valence-electron chi connectivity index (χ4n) is 2.81. The fourth-order valence-corrected chi connectivity index (χ4v) is 3.60. The van der Waals surface area contributed by atoms with Crippen molar-refractivity contribution >= 4 is 49.0 Å². The largest absolute Gasteiger partial charge is 0.490 e. The van der Waals surface area contributed by atoms with Crippen molar-refractivity contribution in [3.63, 3.8) is 0 Å². The maximum absolute atomic E-state index is 13.0. The Morgan fingerprint density at radius 1 is 1.20 bits per heavy atom. The Balaban J connectivity index is 2.08. The van der Waals surface area contributed by atoms with Gasteiger partial charge in [0.25, 0.3) is 5.56 Å². The minimum absolute atomic E-state index is 0.132. The molecule has 30 heavy (non-hydrogen) atoms. The summed E-state index contributed by atoms with van der Waals surface area (Å²) in [7, 11) is 0. The monoisotopic (exact) mass is 531 g/mol. The summed E-state index contributed by atoms with van der Waals surface area (Å²) in [5.74, 6) is 4.08. The van der Waals surface area contributed by atoms with Crippen molar-refractivity contribution in [2.75, 3.05) is 13.2 Å². The Bertz CT molecular complexity index is 1210. The van der Waals surface area contributed by atoms with Gasteiger partial charge in [-0.3, -0.25) is 4.79 Å². The molecule has 0 radical (unpaired) electrons. The van der Waals surface area contributed by atoms with Crippen molar-refractivity contribution in [1.29, 1.82) is 0 Å². The van der Waals surface area contributed by atoms with Crippen LogP contribution in [0.25, 0.3) is 10.9 Å². The van der Waals surface area contributed by atoms with Crippen LogP contribution in [0, 0.1) is 12.3 Å². The van der Waals surface area contributed by atoms with Gasteiger partial charge in [0.05, 0.1) is 23.7 Å². The molecule has 0 fully saturated rings. The van der Waals surface area contributed by atoms with Crippen molar-refractivity contribution < 1.29 is 9.47 Å². The molecule has 0 saturated carbocycles. The molecule has 0 bridgehead atoms. The molecular weight excluding hydrogens is 514 g/mol. The average molecular weight is 533 g/mol. The van der Waals surface area contributed by atoms with Crippen LogP contribution in [0.2, 0.25) is 0 Å². The lowest BCUT2D eigenvalue weighted by molar-refractivity contribution is 0.299. The van der Waals surface area contributed by atoms with E-state index in [0.29, 0.717) is 41.3 Å². The van der Waals surface area contributed by atoms with Crippen LogP contribution in [0.3, 0.4) is 0 Å². The van der Waals surface area contributed by atoms with Crippen LogP contribution >= 0.6 is 31.9 Å². The second-order valence-corrected chi connectivity index (χ2v) is 7.92. The second kappa shape index (κ2) is 9.92. The smallest absolute Gasteiger partial charge is 0.282 e. The van der Waals surface area contributed by atoms with Gasteiger partial charge in [-0.05, 0) is 53.2 Å². The molecular formula is C22H19Br2N3O3. The van der Waals surface area contributed by atoms with E-state index in [1.165, 1.54) is 4.68 Å². The molecule has 1 aromatic heterocycles. The number of fused-ring (bicyclic) bond motifs is 1. The Kier molecular flexibility index (Phi) is 7.29. The Morgan fingerprint density at radius 3 is 2.67 bits per heavy atom. The number of halogens is 2. The average Bonchev–Trinajstić information content (AvgIpc) is 2.74. The SMILES string of the molecule is C#CCOc1cc(Br)c(C=Nn2c(CC)nc3ccc(Br)cc3c2=O)cc1OCC. The van der Waals surface area contributed by atoms with Gasteiger partial charge in [0.15, 0.2) is 11.5 Å². The van der Waals surface area contributed by atoms with E-state index in [9.17, 15) is 4.79 Å². The van der Waals surface area contributed by atoms with Crippen molar-refractivity contribution in [1.82, 2.24) is 9.66 Å². The summed E-state index contributed by atoms with van der Waals surface area (Å²) in [6.07, 6.45) is 7.43. The minimum Gasteiger partial charge on any atom is -0.490 e. The van der Waals surface area contributed by atoms with Crippen molar-refractivity contribution in [2.45, 2.75) is 20.3 Å². The molecule has 0 N–H and O–H groups in total. The van der Waals surface area contributed by atoms with E-state index in [4.69, 9.17) is 15.9 Å². The number of ether oxygens (including phenoxy) is 2. The van der Waals surface area contributed by atoms with Gasteiger partial charge in [-0.2, -0.15) is 9.78 Å².